The van der Waals surface area contributed by atoms with E-state index in [-0.39, 0.29) is 0 Å². The van der Waals surface area contributed by atoms with Gasteiger partial charge >= 0.3 is 0 Å². The molecule has 2 fully saturated rings. The molecule has 1 aliphatic heterocycles. The molecule has 4 unspecified atom stereocenters. The first-order valence-corrected chi connectivity index (χ1v) is 8.08. The number of hydrogen-bond acceptors (Lipinski definition) is 2. The van der Waals surface area contributed by atoms with E-state index in [0.717, 1.165) is 18.6 Å². The Balaban J connectivity index is 1.84. The summed E-state index contributed by atoms with van der Waals surface area (Å²) >= 11 is 0. The predicted molar refractivity (Wildman–Crippen MR) is 76.8 cm³/mol. The van der Waals surface area contributed by atoms with Crippen LogP contribution >= 0.6 is 0 Å². The third-order valence-corrected chi connectivity index (χ3v) is 4.94. The molecule has 2 heteroatoms. The van der Waals surface area contributed by atoms with E-state index in [1.54, 1.807) is 0 Å². The van der Waals surface area contributed by atoms with Crippen LogP contribution in [0.25, 0.3) is 0 Å². The van der Waals surface area contributed by atoms with Gasteiger partial charge in [-0.2, -0.15) is 0 Å². The van der Waals surface area contributed by atoms with E-state index in [0.29, 0.717) is 18.1 Å². The fraction of sp³-hybridized carbons (Fsp3) is 1.00. The van der Waals surface area contributed by atoms with Crippen molar-refractivity contribution in [1.82, 2.24) is 5.32 Å². The van der Waals surface area contributed by atoms with Crippen molar-refractivity contribution in [2.24, 2.45) is 11.8 Å². The molecule has 0 bridgehead atoms. The normalized spacial score (nSPS) is 38.0. The summed E-state index contributed by atoms with van der Waals surface area (Å²) in [5, 5.41) is 3.96. The van der Waals surface area contributed by atoms with Crippen molar-refractivity contribution in [3.05, 3.63) is 0 Å². The van der Waals surface area contributed by atoms with Gasteiger partial charge in [-0.05, 0) is 37.5 Å². The molecule has 0 spiro atoms. The highest BCUT2D eigenvalue weighted by atomic mass is 16.5. The lowest BCUT2D eigenvalue weighted by Crippen LogP contribution is -2.48. The molecule has 0 aromatic heterocycles. The van der Waals surface area contributed by atoms with Crippen molar-refractivity contribution in [2.45, 2.75) is 83.9 Å². The highest BCUT2D eigenvalue weighted by Crippen LogP contribution is 2.29. The lowest BCUT2D eigenvalue weighted by atomic mass is 9.82. The maximum absolute atomic E-state index is 5.87. The molecule has 0 radical (unpaired) electrons. The van der Waals surface area contributed by atoms with Gasteiger partial charge in [0, 0.05) is 18.7 Å². The van der Waals surface area contributed by atoms with Crippen LogP contribution < -0.4 is 5.32 Å². The second-order valence-electron chi connectivity index (χ2n) is 6.60. The molecule has 1 saturated carbocycles. The monoisotopic (exact) mass is 253 g/mol. The zero-order valence-corrected chi connectivity index (χ0v) is 12.5. The van der Waals surface area contributed by atoms with E-state index in [2.05, 4.69) is 26.1 Å². The van der Waals surface area contributed by atoms with Crippen LogP contribution in [0.2, 0.25) is 0 Å². The minimum absolute atomic E-state index is 0.472. The van der Waals surface area contributed by atoms with E-state index in [4.69, 9.17) is 4.74 Å². The minimum Gasteiger partial charge on any atom is -0.378 e. The van der Waals surface area contributed by atoms with Crippen LogP contribution in [0.15, 0.2) is 0 Å². The smallest absolute Gasteiger partial charge is 0.0612 e. The van der Waals surface area contributed by atoms with Crippen LogP contribution in [0.1, 0.15) is 65.7 Å². The standard InChI is InChI=1S/C16H31NO/c1-4-13-7-5-6-8-15(13)17-14-9-10-18-16(11-14)12(2)3/h12-17H,4-11H2,1-3H3. The van der Waals surface area contributed by atoms with Crippen LogP contribution in [0.4, 0.5) is 0 Å². The van der Waals surface area contributed by atoms with E-state index < -0.39 is 0 Å². The van der Waals surface area contributed by atoms with E-state index >= 15 is 0 Å². The summed E-state index contributed by atoms with van der Waals surface area (Å²) in [5.41, 5.74) is 0. The van der Waals surface area contributed by atoms with Gasteiger partial charge < -0.3 is 10.1 Å². The Labute approximate surface area is 113 Å². The topological polar surface area (TPSA) is 21.3 Å². The Morgan fingerprint density at radius 1 is 1.17 bits per heavy atom. The predicted octanol–water partition coefficient (Wildman–Crippen LogP) is 3.75. The van der Waals surface area contributed by atoms with Gasteiger partial charge in [0.25, 0.3) is 0 Å². The van der Waals surface area contributed by atoms with Crippen molar-refractivity contribution in [1.29, 1.82) is 0 Å². The largest absolute Gasteiger partial charge is 0.378 e. The molecule has 2 aliphatic rings. The molecule has 0 aromatic carbocycles. The molecule has 106 valence electrons. The van der Waals surface area contributed by atoms with E-state index in [1.807, 2.05) is 0 Å². The Bertz CT molecular complexity index is 241. The molecule has 18 heavy (non-hydrogen) atoms. The summed E-state index contributed by atoms with van der Waals surface area (Å²) in [7, 11) is 0. The lowest BCUT2D eigenvalue weighted by molar-refractivity contribution is -0.0278. The summed E-state index contributed by atoms with van der Waals surface area (Å²) in [6.07, 6.45) is 9.92. The average molecular weight is 253 g/mol. The Morgan fingerprint density at radius 2 is 1.94 bits per heavy atom. The lowest BCUT2D eigenvalue weighted by Gasteiger charge is -2.38. The molecule has 1 aliphatic carbocycles. The van der Waals surface area contributed by atoms with Crippen LogP contribution in [0.5, 0.6) is 0 Å². The maximum atomic E-state index is 5.87. The first-order chi connectivity index (χ1) is 8.70. The molecular formula is C16H31NO. The van der Waals surface area contributed by atoms with E-state index in [9.17, 15) is 0 Å². The number of nitrogens with one attached hydrogen (secondary N) is 1. The fourth-order valence-electron chi connectivity index (χ4n) is 3.66. The maximum Gasteiger partial charge on any atom is 0.0612 e. The summed E-state index contributed by atoms with van der Waals surface area (Å²) in [6.45, 7) is 7.86. The van der Waals surface area contributed by atoms with Gasteiger partial charge in [0.15, 0.2) is 0 Å². The Hall–Kier alpha value is -0.0800. The number of ether oxygens (including phenoxy) is 1. The Morgan fingerprint density at radius 3 is 2.67 bits per heavy atom. The van der Waals surface area contributed by atoms with Gasteiger partial charge in [-0.25, -0.2) is 0 Å². The minimum atomic E-state index is 0.472. The molecule has 1 heterocycles. The summed E-state index contributed by atoms with van der Waals surface area (Å²) in [6, 6.07) is 1.47. The molecule has 0 aromatic rings. The second kappa shape index (κ2) is 6.91. The van der Waals surface area contributed by atoms with Crippen LogP contribution in [0.3, 0.4) is 0 Å². The third kappa shape index (κ3) is 3.71. The summed E-state index contributed by atoms with van der Waals surface area (Å²) < 4.78 is 5.87. The quantitative estimate of drug-likeness (QED) is 0.824. The van der Waals surface area contributed by atoms with Crippen molar-refractivity contribution in [3.8, 4) is 0 Å². The summed E-state index contributed by atoms with van der Waals surface area (Å²) in [5.74, 6) is 1.57. The number of hydrogen-bond donors (Lipinski definition) is 1. The van der Waals surface area contributed by atoms with Crippen molar-refractivity contribution >= 4 is 0 Å². The SMILES string of the molecule is CCC1CCCCC1NC1CCOC(C(C)C)C1. The van der Waals surface area contributed by atoms with Gasteiger partial charge in [0.1, 0.15) is 0 Å². The van der Waals surface area contributed by atoms with Gasteiger partial charge in [0.2, 0.25) is 0 Å². The van der Waals surface area contributed by atoms with Crippen molar-refractivity contribution < 1.29 is 4.74 Å². The first-order valence-electron chi connectivity index (χ1n) is 8.08. The average Bonchev–Trinajstić information content (AvgIpc) is 2.39. The second-order valence-corrected chi connectivity index (χ2v) is 6.60. The van der Waals surface area contributed by atoms with Gasteiger partial charge in [-0.15, -0.1) is 0 Å². The molecule has 1 saturated heterocycles. The first kappa shape index (κ1) is 14.3. The van der Waals surface area contributed by atoms with Crippen molar-refractivity contribution in [3.63, 3.8) is 0 Å². The molecule has 4 atom stereocenters. The zero-order valence-electron chi connectivity index (χ0n) is 12.5. The van der Waals surface area contributed by atoms with Crippen molar-refractivity contribution in [2.75, 3.05) is 6.61 Å². The molecule has 2 rings (SSSR count). The molecule has 2 nitrogen and oxygen atoms in total. The Kier molecular flexibility index (Phi) is 5.50. The van der Waals surface area contributed by atoms with Gasteiger partial charge in [-0.1, -0.05) is 40.0 Å². The molecule has 0 amide bonds. The van der Waals surface area contributed by atoms with Crippen LogP contribution in [-0.4, -0.2) is 24.8 Å². The molecular weight excluding hydrogens is 222 g/mol. The highest BCUT2D eigenvalue weighted by molar-refractivity contribution is 4.86. The van der Waals surface area contributed by atoms with Gasteiger partial charge in [0.05, 0.1) is 6.10 Å². The fourth-order valence-corrected chi connectivity index (χ4v) is 3.66. The van der Waals surface area contributed by atoms with E-state index in [1.165, 1.54) is 44.9 Å². The highest BCUT2D eigenvalue weighted by Gasteiger charge is 2.29. The number of rotatable bonds is 4. The van der Waals surface area contributed by atoms with Crippen LogP contribution in [0, 0.1) is 11.8 Å². The van der Waals surface area contributed by atoms with Gasteiger partial charge in [-0.3, -0.25) is 0 Å². The zero-order chi connectivity index (χ0) is 13.0. The third-order valence-electron chi connectivity index (χ3n) is 4.94. The van der Waals surface area contributed by atoms with Crippen LogP contribution in [-0.2, 0) is 4.74 Å². The summed E-state index contributed by atoms with van der Waals surface area (Å²) in [4.78, 5) is 0. The molecule has 1 N–H and O–H groups in total.